The number of hydrogen-bond acceptors (Lipinski definition) is 4. The highest BCUT2D eigenvalue weighted by Gasteiger charge is 2.38. The highest BCUT2D eigenvalue weighted by Crippen LogP contribution is 2.28. The molecule has 5 heteroatoms. The Morgan fingerprint density at radius 2 is 1.50 bits per heavy atom. The molecular weight excluding hydrogens is 328 g/mol. The highest BCUT2D eigenvalue weighted by atomic mass is 16.5. The number of likely N-dealkylation sites (N-methyl/N-ethyl adjacent to an activating group) is 1. The number of amides is 1. The molecule has 1 saturated heterocycles. The summed E-state index contributed by atoms with van der Waals surface area (Å²) in [5, 5.41) is 0. The van der Waals surface area contributed by atoms with Crippen molar-refractivity contribution in [2.75, 3.05) is 33.8 Å². The third-order valence-corrected chi connectivity index (χ3v) is 4.85. The lowest BCUT2D eigenvalue weighted by Gasteiger charge is -2.40. The first-order chi connectivity index (χ1) is 12.6. The third-order valence-electron chi connectivity index (χ3n) is 4.85. The summed E-state index contributed by atoms with van der Waals surface area (Å²) in [5.41, 5.74) is 1.84. The second-order valence-corrected chi connectivity index (χ2v) is 6.59. The van der Waals surface area contributed by atoms with Crippen molar-refractivity contribution >= 4 is 11.9 Å². The first-order valence-electron chi connectivity index (χ1n) is 8.78. The minimum absolute atomic E-state index is 0.0640. The average Bonchev–Trinajstić information content (AvgIpc) is 2.69. The van der Waals surface area contributed by atoms with E-state index in [2.05, 4.69) is 0 Å². The number of esters is 1. The Morgan fingerprint density at radius 3 is 2.00 bits per heavy atom. The molecule has 1 atom stereocenters. The Morgan fingerprint density at radius 1 is 0.962 bits per heavy atom. The number of piperazine rings is 1. The quantitative estimate of drug-likeness (QED) is 0.791. The van der Waals surface area contributed by atoms with Crippen LogP contribution in [0.4, 0.5) is 0 Å². The summed E-state index contributed by atoms with van der Waals surface area (Å²) in [7, 11) is 3.31. The zero-order valence-electron chi connectivity index (χ0n) is 15.2. The fourth-order valence-electron chi connectivity index (χ4n) is 3.46. The van der Waals surface area contributed by atoms with Gasteiger partial charge in [0.15, 0.2) is 0 Å². The van der Waals surface area contributed by atoms with Crippen LogP contribution >= 0.6 is 0 Å². The summed E-state index contributed by atoms with van der Waals surface area (Å²) in [5.74, 6) is -0.872. The lowest BCUT2D eigenvalue weighted by atomic mass is 9.89. The molecule has 2 aromatic carbocycles. The molecule has 0 aromatic heterocycles. The number of hydrogen-bond donors (Lipinski definition) is 0. The molecule has 1 unspecified atom stereocenters. The summed E-state index contributed by atoms with van der Waals surface area (Å²) < 4.78 is 4.95. The smallest absolute Gasteiger partial charge is 0.329 e. The van der Waals surface area contributed by atoms with Crippen molar-refractivity contribution in [2.45, 2.75) is 12.0 Å². The number of carbonyl (C=O) groups is 2. The van der Waals surface area contributed by atoms with Gasteiger partial charge in [-0.25, -0.2) is 4.79 Å². The molecule has 2 aromatic rings. The Bertz CT molecular complexity index is 709. The standard InChI is InChI=1S/C21H24N2O3/c1-22-13-14-23(18(15-22)21(25)26-2)20(24)19(16-9-5-3-6-10-16)17-11-7-4-8-12-17/h3-12,18-19H,13-15H2,1-2H3. The van der Waals surface area contributed by atoms with Gasteiger partial charge in [0, 0.05) is 19.6 Å². The van der Waals surface area contributed by atoms with Gasteiger partial charge >= 0.3 is 5.97 Å². The van der Waals surface area contributed by atoms with Crippen LogP contribution in [0.3, 0.4) is 0 Å². The van der Waals surface area contributed by atoms with Crippen LogP contribution in [0, 0.1) is 0 Å². The molecule has 1 aliphatic heterocycles. The van der Waals surface area contributed by atoms with Gasteiger partial charge in [-0.2, -0.15) is 0 Å². The monoisotopic (exact) mass is 352 g/mol. The SMILES string of the molecule is COC(=O)C1CN(C)CCN1C(=O)C(c1ccccc1)c1ccccc1. The molecule has 0 saturated carbocycles. The number of nitrogens with zero attached hydrogens (tertiary/aromatic N) is 2. The zero-order chi connectivity index (χ0) is 18.5. The van der Waals surface area contributed by atoms with Crippen molar-refractivity contribution in [1.82, 2.24) is 9.80 Å². The first-order valence-corrected chi connectivity index (χ1v) is 8.78. The van der Waals surface area contributed by atoms with Crippen LogP contribution in [0.2, 0.25) is 0 Å². The predicted molar refractivity (Wildman–Crippen MR) is 99.7 cm³/mol. The van der Waals surface area contributed by atoms with Crippen LogP contribution in [0.15, 0.2) is 60.7 Å². The maximum Gasteiger partial charge on any atom is 0.329 e. The van der Waals surface area contributed by atoms with Crippen molar-refractivity contribution in [3.63, 3.8) is 0 Å². The minimum atomic E-state index is -0.582. The summed E-state index contributed by atoms with van der Waals surface area (Å²) in [6.07, 6.45) is 0. The molecule has 1 fully saturated rings. The van der Waals surface area contributed by atoms with E-state index in [4.69, 9.17) is 4.74 Å². The van der Waals surface area contributed by atoms with E-state index < -0.39 is 12.0 Å². The Balaban J connectivity index is 1.98. The Labute approximate surface area is 154 Å². The Hall–Kier alpha value is -2.66. The van der Waals surface area contributed by atoms with E-state index in [9.17, 15) is 9.59 Å². The molecule has 3 rings (SSSR count). The van der Waals surface area contributed by atoms with Crippen molar-refractivity contribution in [2.24, 2.45) is 0 Å². The number of benzene rings is 2. The fourth-order valence-corrected chi connectivity index (χ4v) is 3.46. The van der Waals surface area contributed by atoms with E-state index >= 15 is 0 Å². The Kier molecular flexibility index (Phi) is 5.68. The highest BCUT2D eigenvalue weighted by molar-refractivity contribution is 5.91. The van der Waals surface area contributed by atoms with E-state index in [-0.39, 0.29) is 11.9 Å². The molecule has 26 heavy (non-hydrogen) atoms. The summed E-state index contributed by atoms with van der Waals surface area (Å²) in [4.78, 5) is 29.5. The topological polar surface area (TPSA) is 49.9 Å². The second-order valence-electron chi connectivity index (χ2n) is 6.59. The summed E-state index contributed by atoms with van der Waals surface area (Å²) in [6.45, 7) is 1.72. The van der Waals surface area contributed by atoms with E-state index in [0.29, 0.717) is 13.1 Å². The van der Waals surface area contributed by atoms with Gasteiger partial charge in [0.2, 0.25) is 5.91 Å². The number of rotatable bonds is 4. The van der Waals surface area contributed by atoms with Crippen molar-refractivity contribution < 1.29 is 14.3 Å². The molecule has 0 spiro atoms. The molecule has 1 amide bonds. The second kappa shape index (κ2) is 8.15. The maximum absolute atomic E-state index is 13.5. The molecule has 1 aliphatic rings. The van der Waals surface area contributed by atoms with E-state index in [0.717, 1.165) is 17.7 Å². The van der Waals surface area contributed by atoms with Gasteiger partial charge in [0.1, 0.15) is 6.04 Å². The van der Waals surface area contributed by atoms with Crippen LogP contribution in [0.1, 0.15) is 17.0 Å². The van der Waals surface area contributed by atoms with Gasteiger partial charge in [-0.1, -0.05) is 60.7 Å². The van der Waals surface area contributed by atoms with Crippen molar-refractivity contribution in [1.29, 1.82) is 0 Å². The average molecular weight is 352 g/mol. The molecule has 0 bridgehead atoms. The van der Waals surface area contributed by atoms with Gasteiger partial charge in [0.05, 0.1) is 13.0 Å². The van der Waals surface area contributed by atoms with Gasteiger partial charge in [-0.05, 0) is 18.2 Å². The molecule has 0 radical (unpaired) electrons. The van der Waals surface area contributed by atoms with Crippen LogP contribution in [-0.2, 0) is 14.3 Å². The van der Waals surface area contributed by atoms with Gasteiger partial charge in [-0.15, -0.1) is 0 Å². The van der Waals surface area contributed by atoms with Gasteiger partial charge in [-0.3, -0.25) is 4.79 Å². The van der Waals surface area contributed by atoms with Crippen LogP contribution in [0.5, 0.6) is 0 Å². The van der Waals surface area contributed by atoms with Crippen LogP contribution in [-0.4, -0.2) is 61.5 Å². The van der Waals surface area contributed by atoms with E-state index in [1.54, 1.807) is 4.90 Å². The minimum Gasteiger partial charge on any atom is -0.467 e. The molecular formula is C21H24N2O3. The number of carbonyl (C=O) groups excluding carboxylic acids is 2. The van der Waals surface area contributed by atoms with Crippen LogP contribution in [0.25, 0.3) is 0 Å². The van der Waals surface area contributed by atoms with Crippen molar-refractivity contribution in [3.05, 3.63) is 71.8 Å². The molecule has 136 valence electrons. The van der Waals surface area contributed by atoms with Gasteiger partial charge < -0.3 is 14.5 Å². The zero-order valence-corrected chi connectivity index (χ0v) is 15.2. The predicted octanol–water partition coefficient (Wildman–Crippen LogP) is 2.13. The van der Waals surface area contributed by atoms with E-state index in [1.807, 2.05) is 72.6 Å². The van der Waals surface area contributed by atoms with Gasteiger partial charge in [0.25, 0.3) is 0 Å². The third kappa shape index (κ3) is 3.78. The summed E-state index contributed by atoms with van der Waals surface area (Å²) in [6, 6.07) is 18.8. The maximum atomic E-state index is 13.5. The molecule has 0 aliphatic carbocycles. The van der Waals surface area contributed by atoms with Crippen LogP contribution < -0.4 is 0 Å². The fraction of sp³-hybridized carbons (Fsp3) is 0.333. The first kappa shape index (κ1) is 18.1. The molecule has 5 nitrogen and oxygen atoms in total. The molecule has 1 heterocycles. The van der Waals surface area contributed by atoms with Crippen molar-refractivity contribution in [3.8, 4) is 0 Å². The largest absolute Gasteiger partial charge is 0.467 e. The number of ether oxygens (including phenoxy) is 1. The number of methoxy groups -OCH3 is 1. The molecule has 0 N–H and O–H groups in total. The normalized spacial score (nSPS) is 18.0. The van der Waals surface area contributed by atoms with E-state index in [1.165, 1.54) is 7.11 Å². The lowest BCUT2D eigenvalue weighted by molar-refractivity contribution is -0.156. The lowest BCUT2D eigenvalue weighted by Crippen LogP contribution is -2.58. The summed E-state index contributed by atoms with van der Waals surface area (Å²) >= 11 is 0.